The zero-order chi connectivity index (χ0) is 20.7. The maximum atomic E-state index is 13.1. The molecule has 0 unspecified atom stereocenters. The molecule has 0 amide bonds. The third kappa shape index (κ3) is 4.16. The highest BCUT2D eigenvalue weighted by atomic mass is 32.2. The van der Waals surface area contributed by atoms with Gasteiger partial charge < -0.3 is 9.13 Å². The van der Waals surface area contributed by atoms with E-state index in [-0.39, 0.29) is 5.78 Å². The highest BCUT2D eigenvalue weighted by Crippen LogP contribution is 2.46. The van der Waals surface area contributed by atoms with E-state index in [9.17, 15) is 4.79 Å². The van der Waals surface area contributed by atoms with Crippen LogP contribution in [0.25, 0.3) is 0 Å². The lowest BCUT2D eigenvalue weighted by Crippen LogP contribution is -2.09. The molecule has 30 heavy (non-hydrogen) atoms. The van der Waals surface area contributed by atoms with E-state index < -0.39 is 0 Å². The average molecular weight is 425 g/mol. The Bertz CT molecular complexity index is 978. The lowest BCUT2D eigenvalue weighted by molar-refractivity contribution is 0.102. The maximum Gasteiger partial charge on any atom is 0.191 e. The number of allylic oxidation sites excluding steroid dienone is 2. The highest BCUT2D eigenvalue weighted by molar-refractivity contribution is 7.99. The van der Waals surface area contributed by atoms with Crippen LogP contribution < -0.4 is 0 Å². The van der Waals surface area contributed by atoms with Gasteiger partial charge in [-0.1, -0.05) is 23.4 Å². The summed E-state index contributed by atoms with van der Waals surface area (Å²) in [5.41, 5.74) is 4.76. The topological polar surface area (TPSA) is 52.7 Å². The van der Waals surface area contributed by atoms with Crippen molar-refractivity contribution in [2.24, 2.45) is 0 Å². The standard InChI is InChI=1S/C24H32N4OS/c1-16-14-21(17(2)27(16)13-12-18-6-4-3-5-7-18)22(29)15-30-24-26-25-23(19-8-9-19)28(24)20-10-11-20/h6,14,19-20H,3-5,7-13,15H2,1-2H3. The summed E-state index contributed by atoms with van der Waals surface area (Å²) >= 11 is 1.57. The van der Waals surface area contributed by atoms with Gasteiger partial charge in [0.05, 0.1) is 5.75 Å². The summed E-state index contributed by atoms with van der Waals surface area (Å²) in [7, 11) is 0. The first-order chi connectivity index (χ1) is 14.6. The van der Waals surface area contributed by atoms with E-state index in [0.717, 1.165) is 35.2 Å². The molecule has 5 nitrogen and oxygen atoms in total. The van der Waals surface area contributed by atoms with Crippen molar-refractivity contribution in [2.75, 3.05) is 5.75 Å². The number of hydrogen-bond acceptors (Lipinski definition) is 4. The van der Waals surface area contributed by atoms with Gasteiger partial charge in [0.15, 0.2) is 10.9 Å². The molecule has 160 valence electrons. The molecule has 0 atom stereocenters. The van der Waals surface area contributed by atoms with E-state index in [4.69, 9.17) is 0 Å². The van der Waals surface area contributed by atoms with E-state index in [2.05, 4.69) is 45.3 Å². The number of ketones is 1. The zero-order valence-corrected chi connectivity index (χ0v) is 19.0. The molecule has 0 spiro atoms. The summed E-state index contributed by atoms with van der Waals surface area (Å²) in [6.45, 7) is 5.19. The highest BCUT2D eigenvalue weighted by Gasteiger charge is 2.36. The Kier molecular flexibility index (Phi) is 5.61. The first-order valence-electron chi connectivity index (χ1n) is 11.6. The number of aromatic nitrogens is 4. The van der Waals surface area contributed by atoms with Gasteiger partial charge in [0.25, 0.3) is 0 Å². The number of aryl methyl sites for hydroxylation is 1. The monoisotopic (exact) mass is 424 g/mol. The van der Waals surface area contributed by atoms with Crippen molar-refractivity contribution in [3.8, 4) is 0 Å². The normalized spacial score (nSPS) is 19.2. The van der Waals surface area contributed by atoms with Crippen LogP contribution in [0, 0.1) is 13.8 Å². The lowest BCUT2D eigenvalue weighted by atomic mass is 9.97. The van der Waals surface area contributed by atoms with Crippen molar-refractivity contribution in [1.82, 2.24) is 19.3 Å². The van der Waals surface area contributed by atoms with E-state index >= 15 is 0 Å². The molecule has 2 aromatic rings. The Morgan fingerprint density at radius 3 is 2.70 bits per heavy atom. The van der Waals surface area contributed by atoms with Crippen molar-refractivity contribution in [2.45, 2.75) is 95.3 Å². The SMILES string of the molecule is Cc1cc(C(=O)CSc2nnc(C3CC3)n2C2CC2)c(C)n1CCC1=CCCCC1. The number of carbonyl (C=O) groups excluding carboxylic acids is 1. The Morgan fingerprint density at radius 1 is 1.17 bits per heavy atom. The second-order valence-corrected chi connectivity index (χ2v) is 10.2. The number of hydrogen-bond donors (Lipinski definition) is 0. The first kappa shape index (κ1) is 20.1. The third-order valence-electron chi connectivity index (χ3n) is 6.79. The second kappa shape index (κ2) is 8.37. The first-order valence-corrected chi connectivity index (χ1v) is 12.6. The molecule has 5 rings (SSSR count). The number of thioether (sulfide) groups is 1. The number of nitrogens with zero attached hydrogens (tertiary/aromatic N) is 4. The second-order valence-electron chi connectivity index (χ2n) is 9.22. The minimum Gasteiger partial charge on any atom is -0.348 e. The smallest absolute Gasteiger partial charge is 0.191 e. The lowest BCUT2D eigenvalue weighted by Gasteiger charge is -2.15. The minimum atomic E-state index is 0.203. The predicted octanol–water partition coefficient (Wildman–Crippen LogP) is 5.77. The molecule has 2 heterocycles. The van der Waals surface area contributed by atoms with Crippen molar-refractivity contribution in [3.63, 3.8) is 0 Å². The Balaban J connectivity index is 1.25. The van der Waals surface area contributed by atoms with Gasteiger partial charge in [-0.15, -0.1) is 10.2 Å². The van der Waals surface area contributed by atoms with E-state index in [0.29, 0.717) is 17.7 Å². The summed E-state index contributed by atoms with van der Waals surface area (Å²) in [6, 6.07) is 2.64. The van der Waals surface area contributed by atoms with Crippen LogP contribution in [-0.2, 0) is 6.54 Å². The summed E-state index contributed by atoms with van der Waals surface area (Å²) in [6.07, 6.45) is 13.6. The molecule has 6 heteroatoms. The quantitative estimate of drug-likeness (QED) is 0.291. The molecule has 0 N–H and O–H groups in total. The van der Waals surface area contributed by atoms with Gasteiger partial charge in [-0.2, -0.15) is 0 Å². The van der Waals surface area contributed by atoms with Crippen LogP contribution in [0.15, 0.2) is 22.9 Å². The van der Waals surface area contributed by atoms with E-state index in [1.165, 1.54) is 57.1 Å². The van der Waals surface area contributed by atoms with Crippen molar-refractivity contribution in [1.29, 1.82) is 0 Å². The number of Topliss-reactive ketones (excluding diaryl/α,β-unsaturated/α-hetero) is 1. The van der Waals surface area contributed by atoms with E-state index in [1.54, 1.807) is 17.3 Å². The van der Waals surface area contributed by atoms with Crippen LogP contribution in [0.3, 0.4) is 0 Å². The van der Waals surface area contributed by atoms with Gasteiger partial charge in [0.1, 0.15) is 5.82 Å². The van der Waals surface area contributed by atoms with Gasteiger partial charge in [-0.3, -0.25) is 4.79 Å². The molecular weight excluding hydrogens is 392 g/mol. The molecule has 2 aromatic heterocycles. The maximum absolute atomic E-state index is 13.1. The molecule has 2 saturated carbocycles. The van der Waals surface area contributed by atoms with Crippen molar-refractivity contribution >= 4 is 17.5 Å². The molecule has 0 saturated heterocycles. The fourth-order valence-electron chi connectivity index (χ4n) is 4.71. The van der Waals surface area contributed by atoms with Crippen LogP contribution in [0.5, 0.6) is 0 Å². The molecule has 2 fully saturated rings. The molecule has 0 aromatic carbocycles. The van der Waals surface area contributed by atoms with Crippen LogP contribution in [0.1, 0.15) is 97.3 Å². The fraction of sp³-hybridized carbons (Fsp3) is 0.625. The summed E-state index contributed by atoms with van der Waals surface area (Å²) < 4.78 is 4.65. The van der Waals surface area contributed by atoms with E-state index in [1.807, 2.05) is 0 Å². The van der Waals surface area contributed by atoms with Crippen LogP contribution in [-0.4, -0.2) is 30.9 Å². The van der Waals surface area contributed by atoms with Gasteiger partial charge in [0.2, 0.25) is 0 Å². The molecule has 3 aliphatic rings. The van der Waals surface area contributed by atoms with Crippen molar-refractivity contribution < 1.29 is 4.79 Å². The summed E-state index contributed by atoms with van der Waals surface area (Å²) in [4.78, 5) is 13.1. The Labute approximate surface area is 183 Å². The molecular formula is C24H32N4OS. The largest absolute Gasteiger partial charge is 0.348 e. The van der Waals surface area contributed by atoms with Crippen molar-refractivity contribution in [3.05, 3.63) is 40.5 Å². The van der Waals surface area contributed by atoms with Crippen LogP contribution >= 0.6 is 11.8 Å². The third-order valence-corrected chi connectivity index (χ3v) is 7.74. The molecule has 0 radical (unpaired) electrons. The van der Waals surface area contributed by atoms with Gasteiger partial charge in [-0.05, 0) is 77.7 Å². The van der Waals surface area contributed by atoms with Crippen LogP contribution in [0.4, 0.5) is 0 Å². The number of carbonyl (C=O) groups is 1. The predicted molar refractivity (Wildman–Crippen MR) is 120 cm³/mol. The molecule has 0 bridgehead atoms. The fourth-order valence-corrected chi connectivity index (χ4v) is 5.60. The van der Waals surface area contributed by atoms with Gasteiger partial charge >= 0.3 is 0 Å². The molecule has 0 aliphatic heterocycles. The summed E-state index contributed by atoms with van der Waals surface area (Å²) in [5.74, 6) is 2.39. The van der Waals surface area contributed by atoms with Crippen LogP contribution in [0.2, 0.25) is 0 Å². The van der Waals surface area contributed by atoms with Gasteiger partial charge in [0, 0.05) is 35.5 Å². The molecule has 3 aliphatic carbocycles. The minimum absolute atomic E-state index is 0.203. The zero-order valence-electron chi connectivity index (χ0n) is 18.2. The summed E-state index contributed by atoms with van der Waals surface area (Å²) in [5, 5.41) is 9.84. The Morgan fingerprint density at radius 2 is 2.00 bits per heavy atom. The van der Waals surface area contributed by atoms with Gasteiger partial charge in [-0.25, -0.2) is 0 Å². The average Bonchev–Trinajstić information content (AvgIpc) is 3.69. The number of rotatable bonds is 9. The Hall–Kier alpha value is -1.82.